The van der Waals surface area contributed by atoms with Crippen molar-refractivity contribution in [3.05, 3.63) is 23.9 Å². The maximum absolute atomic E-state index is 13.0. The third-order valence-corrected chi connectivity index (χ3v) is 3.42. The van der Waals surface area contributed by atoms with Gasteiger partial charge in [0, 0.05) is 38.8 Å². The van der Waals surface area contributed by atoms with Crippen LogP contribution in [0.25, 0.3) is 0 Å². The highest BCUT2D eigenvalue weighted by molar-refractivity contribution is 5.74. The van der Waals surface area contributed by atoms with Crippen LogP contribution in [0.15, 0.2) is 18.3 Å². The number of alkyl halides is 3. The molecule has 1 aliphatic heterocycles. The molecular formula is C13H16F3N3O. The Kier molecular flexibility index (Phi) is 3.87. The second-order valence-electron chi connectivity index (χ2n) is 4.88. The number of carbonyl (C=O) groups is 1. The Balaban J connectivity index is 2.24. The van der Waals surface area contributed by atoms with Crippen LogP contribution in [-0.2, 0) is 11.0 Å². The second kappa shape index (κ2) is 5.30. The molecule has 0 N–H and O–H groups in total. The van der Waals surface area contributed by atoms with Gasteiger partial charge in [-0.3, -0.25) is 4.79 Å². The van der Waals surface area contributed by atoms with E-state index in [4.69, 9.17) is 0 Å². The summed E-state index contributed by atoms with van der Waals surface area (Å²) in [5.74, 6) is -0.121. The highest BCUT2D eigenvalue weighted by Crippen LogP contribution is 2.35. The Labute approximate surface area is 115 Å². The Hall–Kier alpha value is -1.79. The smallest absolute Gasteiger partial charge is 0.352 e. The average molecular weight is 287 g/mol. The van der Waals surface area contributed by atoms with Crippen LogP contribution in [0.5, 0.6) is 0 Å². The summed E-state index contributed by atoms with van der Waals surface area (Å²) in [4.78, 5) is 18.5. The summed E-state index contributed by atoms with van der Waals surface area (Å²) >= 11 is 0. The van der Waals surface area contributed by atoms with Crippen molar-refractivity contribution in [3.63, 3.8) is 0 Å². The first-order valence-electron chi connectivity index (χ1n) is 6.35. The lowest BCUT2D eigenvalue weighted by Crippen LogP contribution is -2.54. The number of amides is 1. The highest BCUT2D eigenvalue weighted by atomic mass is 19.4. The van der Waals surface area contributed by atoms with Crippen LogP contribution < -0.4 is 4.90 Å². The lowest BCUT2D eigenvalue weighted by Gasteiger charge is -2.40. The molecule has 1 aromatic rings. The summed E-state index contributed by atoms with van der Waals surface area (Å²) in [5, 5.41) is 0. The van der Waals surface area contributed by atoms with Crippen molar-refractivity contribution in [1.82, 2.24) is 9.88 Å². The van der Waals surface area contributed by atoms with Gasteiger partial charge < -0.3 is 9.80 Å². The van der Waals surface area contributed by atoms with Crippen LogP contribution in [0.1, 0.15) is 19.4 Å². The topological polar surface area (TPSA) is 36.4 Å². The predicted octanol–water partition coefficient (Wildman–Crippen LogP) is 2.16. The molecule has 2 rings (SSSR count). The fourth-order valence-corrected chi connectivity index (χ4v) is 2.49. The summed E-state index contributed by atoms with van der Waals surface area (Å²) in [6.07, 6.45) is -3.07. The van der Waals surface area contributed by atoms with Gasteiger partial charge in [-0.25, -0.2) is 4.98 Å². The van der Waals surface area contributed by atoms with Crippen molar-refractivity contribution < 1.29 is 18.0 Å². The maximum Gasteiger partial charge on any atom is 0.419 e. The molecule has 0 aliphatic carbocycles. The molecule has 1 atom stereocenters. The first-order chi connectivity index (χ1) is 9.30. The monoisotopic (exact) mass is 287 g/mol. The molecule has 1 unspecified atom stereocenters. The van der Waals surface area contributed by atoms with Gasteiger partial charge >= 0.3 is 6.18 Å². The quantitative estimate of drug-likeness (QED) is 0.794. The number of halogens is 3. The van der Waals surface area contributed by atoms with E-state index in [-0.39, 0.29) is 17.8 Å². The van der Waals surface area contributed by atoms with Crippen molar-refractivity contribution in [2.75, 3.05) is 24.5 Å². The van der Waals surface area contributed by atoms with Crippen LogP contribution in [0, 0.1) is 0 Å². The molecule has 1 saturated heterocycles. The predicted molar refractivity (Wildman–Crippen MR) is 68.3 cm³/mol. The van der Waals surface area contributed by atoms with E-state index in [1.165, 1.54) is 19.2 Å². The van der Waals surface area contributed by atoms with E-state index >= 15 is 0 Å². The van der Waals surface area contributed by atoms with Crippen molar-refractivity contribution in [2.24, 2.45) is 0 Å². The normalized spacial score (nSPS) is 20.1. The number of piperazine rings is 1. The zero-order valence-electron chi connectivity index (χ0n) is 11.3. The molecule has 7 heteroatoms. The Morgan fingerprint density at radius 2 is 2.10 bits per heavy atom. The number of anilines is 1. The minimum absolute atomic E-state index is 0.0601. The highest BCUT2D eigenvalue weighted by Gasteiger charge is 2.37. The minimum Gasteiger partial charge on any atom is -0.352 e. The Morgan fingerprint density at radius 1 is 1.40 bits per heavy atom. The molecule has 2 heterocycles. The van der Waals surface area contributed by atoms with E-state index in [0.29, 0.717) is 19.6 Å². The van der Waals surface area contributed by atoms with Crippen LogP contribution in [0.4, 0.5) is 19.0 Å². The van der Waals surface area contributed by atoms with E-state index in [1.54, 1.807) is 9.80 Å². The molecule has 0 saturated carbocycles. The van der Waals surface area contributed by atoms with Crippen molar-refractivity contribution in [1.29, 1.82) is 0 Å². The fourth-order valence-electron chi connectivity index (χ4n) is 2.49. The summed E-state index contributed by atoms with van der Waals surface area (Å²) in [6, 6.07) is 2.18. The first-order valence-corrected chi connectivity index (χ1v) is 6.35. The average Bonchev–Trinajstić information content (AvgIpc) is 2.37. The van der Waals surface area contributed by atoms with Crippen molar-refractivity contribution in [3.8, 4) is 0 Å². The molecule has 0 spiro atoms. The van der Waals surface area contributed by atoms with Gasteiger partial charge in [-0.2, -0.15) is 13.2 Å². The molecule has 0 radical (unpaired) electrons. The largest absolute Gasteiger partial charge is 0.419 e. The van der Waals surface area contributed by atoms with Gasteiger partial charge in [0.1, 0.15) is 5.82 Å². The van der Waals surface area contributed by atoms with Crippen LogP contribution in [0.3, 0.4) is 0 Å². The third-order valence-electron chi connectivity index (χ3n) is 3.42. The molecule has 1 aliphatic rings. The van der Waals surface area contributed by atoms with Crippen LogP contribution in [-0.4, -0.2) is 41.5 Å². The van der Waals surface area contributed by atoms with E-state index in [0.717, 1.165) is 6.07 Å². The molecular weight excluding hydrogens is 271 g/mol. The summed E-state index contributed by atoms with van der Waals surface area (Å²) < 4.78 is 38.9. The molecule has 110 valence electrons. The molecule has 1 fully saturated rings. The number of rotatable bonds is 1. The number of hydrogen-bond acceptors (Lipinski definition) is 3. The lowest BCUT2D eigenvalue weighted by molar-refractivity contribution is -0.137. The molecule has 1 amide bonds. The summed E-state index contributed by atoms with van der Waals surface area (Å²) in [5.41, 5.74) is -0.733. The van der Waals surface area contributed by atoms with Gasteiger partial charge in [0.05, 0.1) is 5.56 Å². The number of pyridine rings is 1. The zero-order valence-corrected chi connectivity index (χ0v) is 11.3. The molecule has 4 nitrogen and oxygen atoms in total. The molecule has 1 aromatic heterocycles. The maximum atomic E-state index is 13.0. The van der Waals surface area contributed by atoms with E-state index < -0.39 is 11.7 Å². The number of carbonyl (C=O) groups excluding carboxylic acids is 1. The zero-order chi connectivity index (χ0) is 14.9. The van der Waals surface area contributed by atoms with Crippen molar-refractivity contribution in [2.45, 2.75) is 26.1 Å². The third kappa shape index (κ3) is 2.86. The van der Waals surface area contributed by atoms with E-state index in [9.17, 15) is 18.0 Å². The number of hydrogen-bond donors (Lipinski definition) is 0. The van der Waals surface area contributed by atoms with E-state index in [1.807, 2.05) is 6.92 Å². The lowest BCUT2D eigenvalue weighted by atomic mass is 10.1. The van der Waals surface area contributed by atoms with Crippen LogP contribution in [0.2, 0.25) is 0 Å². The Bertz CT molecular complexity index is 504. The van der Waals surface area contributed by atoms with Gasteiger partial charge in [-0.05, 0) is 19.1 Å². The molecule has 0 aromatic carbocycles. The van der Waals surface area contributed by atoms with Crippen LogP contribution >= 0.6 is 0 Å². The number of aromatic nitrogens is 1. The molecule has 0 bridgehead atoms. The summed E-state index contributed by atoms with van der Waals surface area (Å²) in [7, 11) is 0. The molecule has 20 heavy (non-hydrogen) atoms. The Morgan fingerprint density at radius 3 is 2.65 bits per heavy atom. The van der Waals surface area contributed by atoms with Gasteiger partial charge in [-0.1, -0.05) is 0 Å². The van der Waals surface area contributed by atoms with Crippen molar-refractivity contribution >= 4 is 11.7 Å². The fraction of sp³-hybridized carbons (Fsp3) is 0.538. The minimum atomic E-state index is -4.43. The second-order valence-corrected chi connectivity index (χ2v) is 4.88. The van der Waals surface area contributed by atoms with Gasteiger partial charge in [-0.15, -0.1) is 0 Å². The SMILES string of the molecule is CC(=O)N1CCN(c2ncccc2C(F)(F)F)CC1C. The number of nitrogens with zero attached hydrogens (tertiary/aromatic N) is 3. The van der Waals surface area contributed by atoms with E-state index in [2.05, 4.69) is 4.98 Å². The van der Waals surface area contributed by atoms with Gasteiger partial charge in [0.15, 0.2) is 0 Å². The summed E-state index contributed by atoms with van der Waals surface area (Å²) in [6.45, 7) is 4.39. The van der Waals surface area contributed by atoms with Gasteiger partial charge in [0.25, 0.3) is 0 Å². The standard InChI is InChI=1S/C13H16F3N3O/c1-9-8-18(6-7-19(9)10(2)20)12-11(13(14,15)16)4-3-5-17-12/h3-5,9H,6-8H2,1-2H3. The van der Waals surface area contributed by atoms with Gasteiger partial charge in [0.2, 0.25) is 5.91 Å². The first kappa shape index (κ1) is 14.6.